The van der Waals surface area contributed by atoms with Gasteiger partial charge in [-0.3, -0.25) is 4.79 Å². The molecule has 1 fully saturated rings. The molecule has 6 heteroatoms. The van der Waals surface area contributed by atoms with Gasteiger partial charge in [-0.2, -0.15) is 0 Å². The van der Waals surface area contributed by atoms with Crippen LogP contribution < -0.4 is 4.74 Å². The number of carbonyl (C=O) groups is 2. The van der Waals surface area contributed by atoms with Crippen LogP contribution in [-0.2, 0) is 16.1 Å². The first kappa shape index (κ1) is 21.4. The number of ether oxygens (including phenoxy) is 2. The summed E-state index contributed by atoms with van der Waals surface area (Å²) in [5.41, 5.74) is 6.03. The highest BCUT2D eigenvalue weighted by atomic mass is 16.5. The number of hydrogen-bond acceptors (Lipinski definition) is 5. The van der Waals surface area contributed by atoms with Crippen molar-refractivity contribution < 1.29 is 19.1 Å². The van der Waals surface area contributed by atoms with Gasteiger partial charge in [0.05, 0.1) is 32.0 Å². The highest BCUT2D eigenvalue weighted by Crippen LogP contribution is 2.46. The Hall–Kier alpha value is -3.41. The van der Waals surface area contributed by atoms with Crippen LogP contribution >= 0.6 is 0 Å². The van der Waals surface area contributed by atoms with Gasteiger partial charge in [-0.05, 0) is 66.3 Å². The van der Waals surface area contributed by atoms with Crippen molar-refractivity contribution >= 4 is 28.9 Å². The molecule has 2 aliphatic rings. The standard InChI is InChI=1S/C27H28N2O4/c1-16(30)23-12-11-22-24(17-7-5-4-6-8-17)25-21-10-9-20(32-2)14-18(21)13-19(27(31)33-3)15-29(25)26(22)28-23/h9-14,17H,4-8,15H2,1-3H3. The Labute approximate surface area is 193 Å². The molecule has 170 valence electrons. The second kappa shape index (κ2) is 8.50. The van der Waals surface area contributed by atoms with Gasteiger partial charge >= 0.3 is 5.97 Å². The van der Waals surface area contributed by atoms with Crippen LogP contribution in [0.3, 0.4) is 0 Å². The Morgan fingerprint density at radius 3 is 2.55 bits per heavy atom. The first-order valence-electron chi connectivity index (χ1n) is 11.5. The van der Waals surface area contributed by atoms with Crippen LogP contribution in [0.4, 0.5) is 0 Å². The number of aromatic nitrogens is 2. The van der Waals surface area contributed by atoms with Gasteiger partial charge in [-0.25, -0.2) is 9.78 Å². The minimum Gasteiger partial charge on any atom is -0.497 e. The van der Waals surface area contributed by atoms with Gasteiger partial charge in [0.2, 0.25) is 0 Å². The van der Waals surface area contributed by atoms with Crippen molar-refractivity contribution in [2.75, 3.05) is 14.2 Å². The molecular weight excluding hydrogens is 416 g/mol. The van der Waals surface area contributed by atoms with Gasteiger partial charge in [0.15, 0.2) is 5.78 Å². The number of carbonyl (C=O) groups excluding carboxylic acids is 2. The maximum Gasteiger partial charge on any atom is 0.335 e. The fourth-order valence-corrected chi connectivity index (χ4v) is 5.35. The van der Waals surface area contributed by atoms with Crippen molar-refractivity contribution in [3.63, 3.8) is 0 Å². The number of rotatable bonds is 4. The monoisotopic (exact) mass is 444 g/mol. The summed E-state index contributed by atoms with van der Waals surface area (Å²) < 4.78 is 12.7. The number of esters is 1. The fraction of sp³-hybridized carbons (Fsp3) is 0.370. The lowest BCUT2D eigenvalue weighted by atomic mass is 9.81. The van der Waals surface area contributed by atoms with E-state index in [1.807, 2.05) is 30.3 Å². The van der Waals surface area contributed by atoms with Crippen LogP contribution in [0.2, 0.25) is 0 Å². The van der Waals surface area contributed by atoms with Crippen LogP contribution in [0.15, 0.2) is 35.9 Å². The Morgan fingerprint density at radius 2 is 1.85 bits per heavy atom. The predicted molar refractivity (Wildman–Crippen MR) is 128 cm³/mol. The largest absolute Gasteiger partial charge is 0.497 e. The number of hydrogen-bond donors (Lipinski definition) is 0. The van der Waals surface area contributed by atoms with Gasteiger partial charge in [0.25, 0.3) is 0 Å². The zero-order valence-corrected chi connectivity index (χ0v) is 19.3. The van der Waals surface area contributed by atoms with E-state index in [1.54, 1.807) is 7.11 Å². The SMILES string of the molecule is COC(=O)C1=Cc2cc(OC)ccc2-c2c(C3CCCCC3)c3ccc(C(C)=O)nc3n2C1. The number of pyridine rings is 1. The molecule has 5 rings (SSSR count). The molecule has 0 saturated heterocycles. The van der Waals surface area contributed by atoms with Gasteiger partial charge in [0, 0.05) is 17.9 Å². The molecule has 0 spiro atoms. The second-order valence-electron chi connectivity index (χ2n) is 8.92. The van der Waals surface area contributed by atoms with E-state index in [0.29, 0.717) is 23.7 Å². The molecule has 6 nitrogen and oxygen atoms in total. The van der Waals surface area contributed by atoms with E-state index in [1.165, 1.54) is 38.9 Å². The number of benzene rings is 1. The number of nitrogens with zero attached hydrogens (tertiary/aromatic N) is 2. The average Bonchev–Trinajstić information content (AvgIpc) is 3.06. The summed E-state index contributed by atoms with van der Waals surface area (Å²) in [5, 5.41) is 1.06. The third-order valence-electron chi connectivity index (χ3n) is 6.94. The normalized spacial score (nSPS) is 15.9. The maximum absolute atomic E-state index is 12.7. The molecule has 1 aromatic carbocycles. The summed E-state index contributed by atoms with van der Waals surface area (Å²) in [4.78, 5) is 29.6. The molecule has 0 N–H and O–H groups in total. The summed E-state index contributed by atoms with van der Waals surface area (Å²) in [6, 6.07) is 9.84. The zero-order chi connectivity index (χ0) is 23.1. The fourth-order valence-electron chi connectivity index (χ4n) is 5.35. The summed E-state index contributed by atoms with van der Waals surface area (Å²) in [6.07, 6.45) is 7.82. The molecule has 0 bridgehead atoms. The average molecular weight is 445 g/mol. The Morgan fingerprint density at radius 1 is 1.06 bits per heavy atom. The lowest BCUT2D eigenvalue weighted by molar-refractivity contribution is -0.136. The van der Waals surface area contributed by atoms with Crippen molar-refractivity contribution in [2.24, 2.45) is 0 Å². The summed E-state index contributed by atoms with van der Waals surface area (Å²) in [7, 11) is 3.04. The topological polar surface area (TPSA) is 70.4 Å². The van der Waals surface area contributed by atoms with Crippen molar-refractivity contribution in [3.05, 3.63) is 52.7 Å². The minimum absolute atomic E-state index is 0.0749. The number of Topliss-reactive ketones (excluding diaryl/α,β-unsaturated/α-hetero) is 1. The van der Waals surface area contributed by atoms with E-state index in [2.05, 4.69) is 10.6 Å². The lowest BCUT2D eigenvalue weighted by Gasteiger charge is -2.23. The smallest absolute Gasteiger partial charge is 0.335 e. The van der Waals surface area contributed by atoms with Crippen molar-refractivity contribution in [2.45, 2.75) is 51.5 Å². The predicted octanol–water partition coefficient (Wildman–Crippen LogP) is 5.53. The van der Waals surface area contributed by atoms with Gasteiger partial charge in [0.1, 0.15) is 17.1 Å². The van der Waals surface area contributed by atoms with Crippen LogP contribution in [0.25, 0.3) is 28.4 Å². The van der Waals surface area contributed by atoms with E-state index >= 15 is 0 Å². The van der Waals surface area contributed by atoms with Crippen molar-refractivity contribution in [1.82, 2.24) is 9.55 Å². The summed E-state index contributed by atoms with van der Waals surface area (Å²) in [5.74, 6) is 0.696. The lowest BCUT2D eigenvalue weighted by Crippen LogP contribution is -2.12. The Balaban J connectivity index is 1.86. The molecule has 0 amide bonds. The third-order valence-corrected chi connectivity index (χ3v) is 6.94. The molecule has 0 radical (unpaired) electrons. The molecule has 0 atom stereocenters. The third kappa shape index (κ3) is 3.63. The molecule has 2 aromatic heterocycles. The van der Waals surface area contributed by atoms with E-state index in [9.17, 15) is 9.59 Å². The van der Waals surface area contributed by atoms with Crippen LogP contribution in [0.5, 0.6) is 5.75 Å². The quantitative estimate of drug-likeness (QED) is 0.391. The molecule has 1 saturated carbocycles. The van der Waals surface area contributed by atoms with E-state index < -0.39 is 0 Å². The molecule has 0 unspecified atom stereocenters. The zero-order valence-electron chi connectivity index (χ0n) is 19.3. The van der Waals surface area contributed by atoms with Gasteiger partial charge in [-0.15, -0.1) is 0 Å². The highest BCUT2D eigenvalue weighted by Gasteiger charge is 2.31. The molecule has 33 heavy (non-hydrogen) atoms. The molecule has 3 heterocycles. The van der Waals surface area contributed by atoms with E-state index in [4.69, 9.17) is 14.5 Å². The van der Waals surface area contributed by atoms with Crippen LogP contribution in [-0.4, -0.2) is 35.5 Å². The summed E-state index contributed by atoms with van der Waals surface area (Å²) >= 11 is 0. The Kier molecular flexibility index (Phi) is 5.52. The molecular formula is C27H28N2O4. The highest BCUT2D eigenvalue weighted by molar-refractivity contribution is 6.01. The molecule has 3 aromatic rings. The number of ketones is 1. The summed E-state index contributed by atoms with van der Waals surface area (Å²) in [6.45, 7) is 1.86. The van der Waals surface area contributed by atoms with E-state index in [-0.39, 0.29) is 11.8 Å². The number of fused-ring (bicyclic) bond motifs is 5. The van der Waals surface area contributed by atoms with Crippen LogP contribution in [0.1, 0.15) is 66.6 Å². The Bertz CT molecular complexity index is 1300. The first-order chi connectivity index (χ1) is 16.0. The first-order valence-corrected chi connectivity index (χ1v) is 11.5. The number of methoxy groups -OCH3 is 2. The molecule has 1 aliphatic heterocycles. The minimum atomic E-state index is -0.375. The van der Waals surface area contributed by atoms with Gasteiger partial charge in [-0.1, -0.05) is 19.3 Å². The van der Waals surface area contributed by atoms with Crippen molar-refractivity contribution in [1.29, 1.82) is 0 Å². The van der Waals surface area contributed by atoms with E-state index in [0.717, 1.165) is 46.4 Å². The van der Waals surface area contributed by atoms with Gasteiger partial charge < -0.3 is 14.0 Å². The molecule has 1 aliphatic carbocycles. The van der Waals surface area contributed by atoms with Crippen molar-refractivity contribution in [3.8, 4) is 17.0 Å². The maximum atomic E-state index is 12.7. The van der Waals surface area contributed by atoms with Crippen LogP contribution in [0, 0.1) is 0 Å². The second-order valence-corrected chi connectivity index (χ2v) is 8.92.